The van der Waals surface area contributed by atoms with Crippen molar-refractivity contribution in [2.75, 3.05) is 26.7 Å². The van der Waals surface area contributed by atoms with Gasteiger partial charge in [-0.2, -0.15) is 0 Å². The fraction of sp³-hybridized carbons (Fsp3) is 0.682. The highest BCUT2D eigenvalue weighted by Gasteiger charge is 2.31. The number of hydrogen-bond donors (Lipinski definition) is 2. The number of methoxy groups -OCH3 is 1. The van der Waals surface area contributed by atoms with Crippen LogP contribution in [-0.4, -0.2) is 55.8 Å². The van der Waals surface area contributed by atoms with E-state index in [1.54, 1.807) is 7.11 Å². The number of guanidine groups is 1. The molecule has 1 fully saturated rings. The number of benzene rings is 1. The highest BCUT2D eigenvalue weighted by Crippen LogP contribution is 2.35. The van der Waals surface area contributed by atoms with E-state index in [0.717, 1.165) is 49.1 Å². The van der Waals surface area contributed by atoms with Crippen LogP contribution in [0.4, 0.5) is 0 Å². The maximum absolute atomic E-state index is 5.92. The van der Waals surface area contributed by atoms with Crippen molar-refractivity contribution < 1.29 is 9.47 Å². The first kappa shape index (κ1) is 20.8. The molecule has 6 heteroatoms. The second kappa shape index (κ2) is 9.03. The monoisotopic (exact) mass is 388 g/mol. The van der Waals surface area contributed by atoms with Crippen molar-refractivity contribution in [1.29, 1.82) is 0 Å². The van der Waals surface area contributed by atoms with Gasteiger partial charge >= 0.3 is 0 Å². The lowest BCUT2D eigenvalue weighted by Gasteiger charge is -2.22. The van der Waals surface area contributed by atoms with Crippen molar-refractivity contribution in [3.63, 3.8) is 0 Å². The minimum absolute atomic E-state index is 0.227. The summed E-state index contributed by atoms with van der Waals surface area (Å²) in [5.74, 6) is 3.31. The highest BCUT2D eigenvalue weighted by molar-refractivity contribution is 5.80. The zero-order valence-corrected chi connectivity index (χ0v) is 18.2. The lowest BCUT2D eigenvalue weighted by atomic mass is 10.1. The van der Waals surface area contributed by atoms with E-state index >= 15 is 0 Å². The average molecular weight is 389 g/mol. The van der Waals surface area contributed by atoms with Gasteiger partial charge in [0.2, 0.25) is 0 Å². The van der Waals surface area contributed by atoms with Gasteiger partial charge in [0.25, 0.3) is 0 Å². The number of likely N-dealkylation sites (tertiary alicyclic amines) is 1. The molecular formula is C22H36N4O2. The van der Waals surface area contributed by atoms with Gasteiger partial charge in [0.1, 0.15) is 17.6 Å². The molecule has 3 rings (SSSR count). The summed E-state index contributed by atoms with van der Waals surface area (Å²) in [5, 5.41) is 7.03. The van der Waals surface area contributed by atoms with Gasteiger partial charge in [0, 0.05) is 49.3 Å². The maximum atomic E-state index is 5.92. The molecule has 0 amide bonds. The number of nitrogens with one attached hydrogen (secondary N) is 2. The molecule has 0 spiro atoms. The normalized spacial score (nSPS) is 25.0. The van der Waals surface area contributed by atoms with Crippen LogP contribution in [0.15, 0.2) is 17.1 Å². The van der Waals surface area contributed by atoms with Crippen molar-refractivity contribution in [3.8, 4) is 11.5 Å². The molecule has 6 nitrogen and oxygen atoms in total. The second-order valence-electron chi connectivity index (χ2n) is 8.38. The first-order valence-electron chi connectivity index (χ1n) is 10.6. The fourth-order valence-corrected chi connectivity index (χ4v) is 4.07. The van der Waals surface area contributed by atoms with Crippen LogP contribution in [0.25, 0.3) is 0 Å². The first-order valence-corrected chi connectivity index (χ1v) is 10.6. The minimum Gasteiger partial charge on any atom is -0.496 e. The molecule has 0 saturated carbocycles. The number of rotatable bonds is 6. The zero-order chi connectivity index (χ0) is 20.3. The van der Waals surface area contributed by atoms with E-state index in [2.05, 4.69) is 62.3 Å². The molecule has 0 aromatic heterocycles. The van der Waals surface area contributed by atoms with Gasteiger partial charge in [-0.05, 0) is 45.7 Å². The van der Waals surface area contributed by atoms with E-state index in [1.807, 2.05) is 0 Å². The van der Waals surface area contributed by atoms with Crippen LogP contribution in [0.5, 0.6) is 11.5 Å². The Kier molecular flexibility index (Phi) is 6.70. The summed E-state index contributed by atoms with van der Waals surface area (Å²) in [6.07, 6.45) is 1.16. The largest absolute Gasteiger partial charge is 0.496 e. The molecule has 2 N–H and O–H groups in total. The Hall–Kier alpha value is -1.95. The summed E-state index contributed by atoms with van der Waals surface area (Å²) in [5.41, 5.74) is 2.27. The lowest BCUT2D eigenvalue weighted by Crippen LogP contribution is -2.46. The average Bonchev–Trinajstić information content (AvgIpc) is 3.20. The van der Waals surface area contributed by atoms with E-state index in [-0.39, 0.29) is 6.10 Å². The molecule has 3 atom stereocenters. The van der Waals surface area contributed by atoms with Crippen molar-refractivity contribution in [3.05, 3.63) is 23.3 Å². The number of ether oxygens (including phenoxy) is 2. The van der Waals surface area contributed by atoms with E-state index in [0.29, 0.717) is 24.5 Å². The standard InChI is InChI=1S/C22H36N4O2/c1-7-23-22(25-19-13-26(14(2)3)12-15(19)4)24-11-18-10-21-17(8-16(5)28-21)9-20(18)27-6/h9-10,14-16,19H,7-8,11-13H2,1-6H3,(H2,23,24,25). The maximum Gasteiger partial charge on any atom is 0.191 e. The van der Waals surface area contributed by atoms with Crippen molar-refractivity contribution in [2.45, 2.75) is 65.8 Å². The third kappa shape index (κ3) is 4.72. The minimum atomic E-state index is 0.227. The van der Waals surface area contributed by atoms with Crippen molar-refractivity contribution >= 4 is 5.96 Å². The molecule has 156 valence electrons. The Balaban J connectivity index is 1.72. The predicted molar refractivity (Wildman–Crippen MR) is 114 cm³/mol. The van der Waals surface area contributed by atoms with Gasteiger partial charge in [-0.25, -0.2) is 4.99 Å². The summed E-state index contributed by atoms with van der Waals surface area (Å²) >= 11 is 0. The molecule has 28 heavy (non-hydrogen) atoms. The number of nitrogens with zero attached hydrogens (tertiary/aromatic N) is 2. The van der Waals surface area contributed by atoms with Gasteiger partial charge in [-0.15, -0.1) is 0 Å². The molecule has 0 radical (unpaired) electrons. The SMILES string of the molecule is CCNC(=NCc1cc2c(cc1OC)CC(C)O2)NC1CN(C(C)C)CC1C. The quantitative estimate of drug-likeness (QED) is 0.580. The van der Waals surface area contributed by atoms with Crippen LogP contribution in [0, 0.1) is 5.92 Å². The zero-order valence-electron chi connectivity index (χ0n) is 18.2. The molecule has 2 aliphatic rings. The summed E-state index contributed by atoms with van der Waals surface area (Å²) in [6.45, 7) is 14.6. The van der Waals surface area contributed by atoms with Crippen LogP contribution in [0.1, 0.15) is 45.7 Å². The van der Waals surface area contributed by atoms with Gasteiger partial charge in [0.15, 0.2) is 5.96 Å². The Morgan fingerprint density at radius 2 is 2.11 bits per heavy atom. The molecule has 2 aliphatic heterocycles. The Morgan fingerprint density at radius 1 is 1.32 bits per heavy atom. The van der Waals surface area contributed by atoms with Crippen molar-refractivity contribution in [1.82, 2.24) is 15.5 Å². The van der Waals surface area contributed by atoms with E-state index in [9.17, 15) is 0 Å². The topological polar surface area (TPSA) is 58.1 Å². The molecule has 2 heterocycles. The number of hydrogen-bond acceptors (Lipinski definition) is 4. The highest BCUT2D eigenvalue weighted by atomic mass is 16.5. The molecule has 1 saturated heterocycles. The van der Waals surface area contributed by atoms with E-state index in [4.69, 9.17) is 14.5 Å². The van der Waals surface area contributed by atoms with Gasteiger partial charge in [-0.3, -0.25) is 4.90 Å². The molecule has 0 bridgehead atoms. The van der Waals surface area contributed by atoms with E-state index < -0.39 is 0 Å². The molecule has 1 aromatic rings. The van der Waals surface area contributed by atoms with Gasteiger partial charge < -0.3 is 20.1 Å². The molecular weight excluding hydrogens is 352 g/mol. The van der Waals surface area contributed by atoms with Crippen molar-refractivity contribution in [2.24, 2.45) is 10.9 Å². The Bertz CT molecular complexity index is 704. The Morgan fingerprint density at radius 3 is 2.75 bits per heavy atom. The molecule has 1 aromatic carbocycles. The van der Waals surface area contributed by atoms with Crippen LogP contribution < -0.4 is 20.1 Å². The van der Waals surface area contributed by atoms with Crippen LogP contribution in [0.2, 0.25) is 0 Å². The molecule has 3 unspecified atom stereocenters. The first-order chi connectivity index (χ1) is 13.4. The number of fused-ring (bicyclic) bond motifs is 1. The lowest BCUT2D eigenvalue weighted by molar-refractivity contribution is 0.254. The third-order valence-electron chi connectivity index (χ3n) is 5.74. The van der Waals surface area contributed by atoms with Crippen LogP contribution in [-0.2, 0) is 13.0 Å². The van der Waals surface area contributed by atoms with Gasteiger partial charge in [0.05, 0.1) is 13.7 Å². The Labute approximate surface area is 169 Å². The molecule has 0 aliphatic carbocycles. The summed E-state index contributed by atoms with van der Waals surface area (Å²) in [7, 11) is 1.72. The number of aliphatic imine (C=N–C) groups is 1. The fourth-order valence-electron chi connectivity index (χ4n) is 4.07. The summed E-state index contributed by atoms with van der Waals surface area (Å²) in [4.78, 5) is 7.37. The van der Waals surface area contributed by atoms with Crippen LogP contribution >= 0.6 is 0 Å². The second-order valence-corrected chi connectivity index (χ2v) is 8.38. The van der Waals surface area contributed by atoms with Gasteiger partial charge in [-0.1, -0.05) is 6.92 Å². The van der Waals surface area contributed by atoms with Crippen LogP contribution in [0.3, 0.4) is 0 Å². The summed E-state index contributed by atoms with van der Waals surface area (Å²) in [6, 6.07) is 5.17. The smallest absolute Gasteiger partial charge is 0.191 e. The third-order valence-corrected chi connectivity index (χ3v) is 5.74. The predicted octanol–water partition coefficient (Wildman–Crippen LogP) is 2.80. The van der Waals surface area contributed by atoms with E-state index in [1.165, 1.54) is 5.56 Å². The summed E-state index contributed by atoms with van der Waals surface area (Å²) < 4.78 is 11.5.